The normalized spacial score (nSPS) is 18.3. The first-order valence-corrected chi connectivity index (χ1v) is 11.9. The van der Waals surface area contributed by atoms with Gasteiger partial charge in [-0.3, -0.25) is 9.69 Å². The first-order chi connectivity index (χ1) is 17.0. The molecule has 1 N–H and O–H groups in total. The number of fused-ring (bicyclic) bond motifs is 1. The van der Waals surface area contributed by atoms with Crippen LogP contribution >= 0.6 is 0 Å². The van der Waals surface area contributed by atoms with Crippen LogP contribution in [-0.4, -0.2) is 49.9 Å². The third kappa shape index (κ3) is 4.39. The van der Waals surface area contributed by atoms with Gasteiger partial charge in [0.1, 0.15) is 12.2 Å². The molecule has 7 nitrogen and oxygen atoms in total. The van der Waals surface area contributed by atoms with Crippen molar-refractivity contribution in [1.82, 2.24) is 19.7 Å². The number of alkyl halides is 3. The standard InChI is InChI=1S/C26H28F3N5O2/c1-15(7-24-31-30-14-32(24)3)17-5-4-6-19(8-17)34-13-22-21(25(34)36)9-18(10-23(22)26(27,28)29)16(2)33-11-20(35)12-33/h4-6,8-10,14-16,20,35H,7,11-13H2,1-3H3/t15-,16+/m1/s1. The summed E-state index contributed by atoms with van der Waals surface area (Å²) < 4.78 is 44.1. The molecular formula is C26H28F3N5O2. The molecule has 3 heterocycles. The number of aromatic nitrogens is 3. The molecule has 0 aliphatic carbocycles. The van der Waals surface area contributed by atoms with Gasteiger partial charge in [-0.2, -0.15) is 13.2 Å². The lowest BCUT2D eigenvalue weighted by Gasteiger charge is -2.40. The second-order valence-electron chi connectivity index (χ2n) is 9.83. The number of rotatable bonds is 6. The Morgan fingerprint density at radius 1 is 1.14 bits per heavy atom. The zero-order valence-electron chi connectivity index (χ0n) is 20.3. The predicted octanol–water partition coefficient (Wildman–Crippen LogP) is 4.08. The van der Waals surface area contributed by atoms with Crippen molar-refractivity contribution in [3.05, 3.63) is 76.4 Å². The SMILES string of the molecule is C[C@H](Cc1nncn1C)c1cccc(N2Cc3c(cc([C@H](C)N4CC(O)C4)cc3C(F)(F)F)C2=O)c1. The van der Waals surface area contributed by atoms with Gasteiger partial charge in [-0.25, -0.2) is 0 Å². The van der Waals surface area contributed by atoms with Crippen molar-refractivity contribution in [2.75, 3.05) is 18.0 Å². The summed E-state index contributed by atoms with van der Waals surface area (Å²) >= 11 is 0. The molecule has 0 unspecified atom stereocenters. The lowest BCUT2D eigenvalue weighted by molar-refractivity contribution is -0.138. The van der Waals surface area contributed by atoms with Crippen LogP contribution in [0, 0.1) is 0 Å². The van der Waals surface area contributed by atoms with Crippen LogP contribution in [-0.2, 0) is 26.2 Å². The molecule has 2 aromatic carbocycles. The van der Waals surface area contributed by atoms with E-state index in [-0.39, 0.29) is 29.6 Å². The Balaban J connectivity index is 1.45. The quantitative estimate of drug-likeness (QED) is 0.553. The molecule has 190 valence electrons. The number of carbonyl (C=O) groups is 1. The number of aryl methyl sites for hydroxylation is 1. The van der Waals surface area contributed by atoms with Gasteiger partial charge >= 0.3 is 6.18 Å². The third-order valence-corrected chi connectivity index (χ3v) is 7.33. The van der Waals surface area contributed by atoms with Crippen molar-refractivity contribution in [2.24, 2.45) is 7.05 Å². The zero-order valence-corrected chi connectivity index (χ0v) is 20.3. The highest BCUT2D eigenvalue weighted by molar-refractivity contribution is 6.10. The Morgan fingerprint density at radius 3 is 2.53 bits per heavy atom. The van der Waals surface area contributed by atoms with Gasteiger partial charge < -0.3 is 14.6 Å². The van der Waals surface area contributed by atoms with Crippen LogP contribution in [0.5, 0.6) is 0 Å². The summed E-state index contributed by atoms with van der Waals surface area (Å²) in [6.45, 7) is 4.50. The Bertz CT molecular complexity index is 1300. The molecule has 0 saturated carbocycles. The van der Waals surface area contributed by atoms with E-state index in [0.717, 1.165) is 17.5 Å². The van der Waals surface area contributed by atoms with Gasteiger partial charge in [-0.15, -0.1) is 10.2 Å². The summed E-state index contributed by atoms with van der Waals surface area (Å²) in [7, 11) is 1.87. The van der Waals surface area contributed by atoms with Crippen LogP contribution in [0.2, 0.25) is 0 Å². The lowest BCUT2D eigenvalue weighted by atomic mass is 9.94. The molecule has 2 aliphatic heterocycles. The second kappa shape index (κ2) is 9.01. The molecule has 0 spiro atoms. The molecule has 1 saturated heterocycles. The molecular weight excluding hydrogens is 471 g/mol. The second-order valence-corrected chi connectivity index (χ2v) is 9.83. The zero-order chi connectivity index (χ0) is 25.8. The van der Waals surface area contributed by atoms with Gasteiger partial charge in [-0.05, 0) is 53.8 Å². The third-order valence-electron chi connectivity index (χ3n) is 7.33. The van der Waals surface area contributed by atoms with E-state index in [1.165, 1.54) is 4.90 Å². The fraction of sp³-hybridized carbons (Fsp3) is 0.423. The van der Waals surface area contributed by atoms with E-state index in [1.54, 1.807) is 25.4 Å². The summed E-state index contributed by atoms with van der Waals surface area (Å²) in [5, 5.41) is 17.6. The first-order valence-electron chi connectivity index (χ1n) is 11.9. The molecule has 1 aromatic heterocycles. The highest BCUT2D eigenvalue weighted by Crippen LogP contribution is 2.41. The highest BCUT2D eigenvalue weighted by atomic mass is 19.4. The number of amides is 1. The number of β-amino-alcohol motifs (C(OH)–C–C–N with tert-alkyl or cyclic N) is 1. The molecule has 1 amide bonds. The molecule has 2 atom stereocenters. The van der Waals surface area contributed by atoms with Crippen molar-refractivity contribution >= 4 is 11.6 Å². The van der Waals surface area contributed by atoms with Gasteiger partial charge in [0.2, 0.25) is 0 Å². The minimum Gasteiger partial charge on any atom is -0.390 e. The van der Waals surface area contributed by atoms with E-state index in [2.05, 4.69) is 10.2 Å². The first kappa shape index (κ1) is 24.5. The van der Waals surface area contributed by atoms with Crippen LogP contribution in [0.15, 0.2) is 42.7 Å². The average molecular weight is 500 g/mol. The smallest absolute Gasteiger partial charge is 0.390 e. The number of anilines is 1. The number of hydrogen-bond donors (Lipinski definition) is 1. The topological polar surface area (TPSA) is 74.5 Å². The Morgan fingerprint density at radius 2 is 1.89 bits per heavy atom. The maximum absolute atomic E-state index is 14.1. The van der Waals surface area contributed by atoms with E-state index in [9.17, 15) is 23.1 Å². The van der Waals surface area contributed by atoms with Gasteiger partial charge in [0, 0.05) is 43.9 Å². The fourth-order valence-corrected chi connectivity index (χ4v) is 5.03. The van der Waals surface area contributed by atoms with Crippen LogP contribution < -0.4 is 4.90 Å². The number of halogens is 3. The van der Waals surface area contributed by atoms with E-state index >= 15 is 0 Å². The van der Waals surface area contributed by atoms with Gasteiger partial charge in [0.25, 0.3) is 5.91 Å². The Kier molecular flexibility index (Phi) is 6.12. The predicted molar refractivity (Wildman–Crippen MR) is 128 cm³/mol. The van der Waals surface area contributed by atoms with Crippen molar-refractivity contribution < 1.29 is 23.1 Å². The molecule has 1 fully saturated rings. The van der Waals surface area contributed by atoms with Crippen molar-refractivity contribution in [3.63, 3.8) is 0 Å². The highest BCUT2D eigenvalue weighted by Gasteiger charge is 2.41. The number of aliphatic hydroxyl groups excluding tert-OH is 1. The van der Waals surface area contributed by atoms with Crippen LogP contribution in [0.1, 0.15) is 64.2 Å². The van der Waals surface area contributed by atoms with E-state index in [0.29, 0.717) is 30.8 Å². The average Bonchev–Trinajstić information content (AvgIpc) is 3.37. The number of nitrogens with zero attached hydrogens (tertiary/aromatic N) is 5. The molecule has 5 rings (SSSR count). The van der Waals surface area contributed by atoms with E-state index in [4.69, 9.17) is 0 Å². The summed E-state index contributed by atoms with van der Waals surface area (Å²) in [4.78, 5) is 16.7. The van der Waals surface area contributed by atoms with Crippen molar-refractivity contribution in [2.45, 2.75) is 51.1 Å². The maximum Gasteiger partial charge on any atom is 0.416 e. The molecule has 3 aromatic rings. The number of benzene rings is 2. The molecule has 0 radical (unpaired) electrons. The Hall–Kier alpha value is -3.24. The number of likely N-dealkylation sites (tertiary alicyclic amines) is 1. The van der Waals surface area contributed by atoms with Gasteiger partial charge in [0.15, 0.2) is 0 Å². The minimum absolute atomic E-state index is 0.00429. The molecule has 0 bridgehead atoms. The Labute approximate surface area is 207 Å². The van der Waals surface area contributed by atoms with Crippen LogP contribution in [0.3, 0.4) is 0 Å². The number of carbonyl (C=O) groups excluding carboxylic acids is 1. The summed E-state index contributed by atoms with van der Waals surface area (Å²) in [6, 6.07) is 9.78. The lowest BCUT2D eigenvalue weighted by Crippen LogP contribution is -2.51. The summed E-state index contributed by atoms with van der Waals surface area (Å²) in [6.07, 6.45) is -2.78. The van der Waals surface area contributed by atoms with E-state index < -0.39 is 23.8 Å². The van der Waals surface area contributed by atoms with Gasteiger partial charge in [-0.1, -0.05) is 19.1 Å². The van der Waals surface area contributed by atoms with Crippen molar-refractivity contribution in [1.29, 1.82) is 0 Å². The molecule has 10 heteroatoms. The summed E-state index contributed by atoms with van der Waals surface area (Å²) in [5.74, 6) is 0.452. The largest absolute Gasteiger partial charge is 0.416 e. The maximum atomic E-state index is 14.1. The minimum atomic E-state index is -4.59. The number of aliphatic hydroxyl groups is 1. The molecule has 36 heavy (non-hydrogen) atoms. The van der Waals surface area contributed by atoms with Crippen LogP contribution in [0.25, 0.3) is 0 Å². The summed E-state index contributed by atoms with van der Waals surface area (Å²) in [5.41, 5.74) is 1.27. The molecule has 2 aliphatic rings. The van der Waals surface area contributed by atoms with Crippen LogP contribution in [0.4, 0.5) is 18.9 Å². The monoisotopic (exact) mass is 499 g/mol. The van der Waals surface area contributed by atoms with E-state index in [1.807, 2.05) is 41.6 Å². The number of hydrogen-bond acceptors (Lipinski definition) is 5. The van der Waals surface area contributed by atoms with Crippen molar-refractivity contribution in [3.8, 4) is 0 Å². The van der Waals surface area contributed by atoms with Gasteiger partial charge in [0.05, 0.1) is 18.2 Å². The fourth-order valence-electron chi connectivity index (χ4n) is 5.03.